The summed E-state index contributed by atoms with van der Waals surface area (Å²) in [5.74, 6) is 0.545. The Kier molecular flexibility index (Phi) is 9.73. The van der Waals surface area contributed by atoms with Gasteiger partial charge in [0, 0.05) is 27.7 Å². The van der Waals surface area contributed by atoms with Gasteiger partial charge in [-0.1, -0.05) is 29.3 Å². The molecule has 0 aliphatic carbocycles. The van der Waals surface area contributed by atoms with E-state index < -0.39 is 10.8 Å². The zero-order valence-corrected chi connectivity index (χ0v) is 22.8. The number of rotatable bonds is 10. The van der Waals surface area contributed by atoms with Crippen molar-refractivity contribution in [3.05, 3.63) is 89.0 Å². The van der Waals surface area contributed by atoms with Crippen molar-refractivity contribution in [3.8, 4) is 17.2 Å². The van der Waals surface area contributed by atoms with Crippen LogP contribution in [0.2, 0.25) is 10.0 Å². The second-order valence-electron chi connectivity index (χ2n) is 7.13. The summed E-state index contributed by atoms with van der Waals surface area (Å²) in [6.07, 6.45) is 1.42. The van der Waals surface area contributed by atoms with E-state index in [1.165, 1.54) is 25.5 Å². The SMILES string of the molecule is CCOc1cc(/C=N\NC(=O)c2cc([N+](=O)[O-])ccc2OC)cc(I)c1OCc1ccc(Cl)cc1Cl. The van der Waals surface area contributed by atoms with Gasteiger partial charge in [0.05, 0.1) is 34.0 Å². The predicted molar refractivity (Wildman–Crippen MR) is 146 cm³/mol. The number of nitro groups is 1. The van der Waals surface area contributed by atoms with Crippen LogP contribution in [0.4, 0.5) is 5.69 Å². The molecule has 0 spiro atoms. The summed E-state index contributed by atoms with van der Waals surface area (Å²) < 4.78 is 17.6. The number of hydrogen-bond acceptors (Lipinski definition) is 7. The number of methoxy groups -OCH3 is 1. The minimum absolute atomic E-state index is 0.0157. The van der Waals surface area contributed by atoms with Gasteiger partial charge in [0.2, 0.25) is 0 Å². The van der Waals surface area contributed by atoms with Crippen LogP contribution in [0.5, 0.6) is 17.2 Å². The number of carbonyl (C=O) groups excluding carboxylic acids is 1. The number of halogens is 3. The van der Waals surface area contributed by atoms with Crippen LogP contribution in [0.3, 0.4) is 0 Å². The van der Waals surface area contributed by atoms with Crippen LogP contribution >= 0.6 is 45.8 Å². The van der Waals surface area contributed by atoms with Gasteiger partial charge in [0.15, 0.2) is 11.5 Å². The molecule has 0 fully saturated rings. The van der Waals surface area contributed by atoms with E-state index >= 15 is 0 Å². The molecule has 3 aromatic rings. The molecule has 3 rings (SSSR count). The van der Waals surface area contributed by atoms with Gasteiger partial charge in [-0.3, -0.25) is 14.9 Å². The summed E-state index contributed by atoms with van der Waals surface area (Å²) in [5.41, 5.74) is 3.50. The molecule has 36 heavy (non-hydrogen) atoms. The van der Waals surface area contributed by atoms with E-state index in [9.17, 15) is 14.9 Å². The third-order valence-corrected chi connectivity index (χ3v) is 6.13. The first-order chi connectivity index (χ1) is 17.2. The van der Waals surface area contributed by atoms with Crippen molar-refractivity contribution in [2.45, 2.75) is 13.5 Å². The van der Waals surface area contributed by atoms with Gasteiger partial charge < -0.3 is 14.2 Å². The standard InChI is InChI=1S/C24H20Cl2IN3O6/c1-3-35-22-9-14(8-20(27)23(22)36-13-15-4-5-16(25)10-19(15)26)12-28-29-24(31)18-11-17(30(32)33)6-7-21(18)34-2/h4-12H,3,13H2,1-2H3,(H,29,31)/b28-12-. The number of amides is 1. The largest absolute Gasteiger partial charge is 0.496 e. The molecule has 0 saturated carbocycles. The van der Waals surface area contributed by atoms with Gasteiger partial charge in [-0.15, -0.1) is 0 Å². The smallest absolute Gasteiger partial charge is 0.275 e. The molecule has 1 amide bonds. The molecule has 0 aliphatic rings. The molecule has 0 bridgehead atoms. The Balaban J connectivity index is 1.77. The van der Waals surface area contributed by atoms with Crippen molar-refractivity contribution < 1.29 is 23.9 Å². The molecule has 0 heterocycles. The molecule has 3 aromatic carbocycles. The summed E-state index contributed by atoms with van der Waals surface area (Å²) in [6.45, 7) is 2.46. The van der Waals surface area contributed by atoms with Crippen molar-refractivity contribution in [1.29, 1.82) is 0 Å². The Morgan fingerprint density at radius 1 is 1.14 bits per heavy atom. The molecule has 9 nitrogen and oxygen atoms in total. The van der Waals surface area contributed by atoms with Crippen LogP contribution in [0.25, 0.3) is 0 Å². The summed E-state index contributed by atoms with van der Waals surface area (Å²) >= 11 is 14.3. The first-order valence-corrected chi connectivity index (χ1v) is 12.3. The average molecular weight is 644 g/mol. The number of hydrogen-bond donors (Lipinski definition) is 1. The average Bonchev–Trinajstić information content (AvgIpc) is 2.84. The van der Waals surface area contributed by atoms with Gasteiger partial charge in [0.1, 0.15) is 12.4 Å². The van der Waals surface area contributed by atoms with Gasteiger partial charge in [-0.2, -0.15) is 5.10 Å². The van der Waals surface area contributed by atoms with E-state index in [0.717, 1.165) is 15.2 Å². The lowest BCUT2D eigenvalue weighted by Gasteiger charge is -2.15. The fraction of sp³-hybridized carbons (Fsp3) is 0.167. The fourth-order valence-corrected chi connectivity index (χ4v) is 4.31. The number of non-ortho nitro benzene ring substituents is 1. The van der Waals surface area contributed by atoms with E-state index in [4.69, 9.17) is 37.4 Å². The van der Waals surface area contributed by atoms with Crippen LogP contribution in [-0.2, 0) is 6.61 Å². The molecule has 0 radical (unpaired) electrons. The Hall–Kier alpha value is -3.09. The van der Waals surface area contributed by atoms with E-state index in [1.807, 2.05) is 6.92 Å². The van der Waals surface area contributed by atoms with E-state index in [2.05, 4.69) is 33.1 Å². The van der Waals surface area contributed by atoms with E-state index in [1.54, 1.807) is 30.3 Å². The predicted octanol–water partition coefficient (Wildman–Crippen LogP) is 6.26. The van der Waals surface area contributed by atoms with Gasteiger partial charge in [-0.05, 0) is 65.4 Å². The first-order valence-electron chi connectivity index (χ1n) is 10.4. The summed E-state index contributed by atoms with van der Waals surface area (Å²) in [6, 6.07) is 12.4. The monoisotopic (exact) mass is 643 g/mol. The van der Waals surface area contributed by atoms with E-state index in [-0.39, 0.29) is 23.6 Å². The number of benzene rings is 3. The molecule has 188 valence electrons. The maximum Gasteiger partial charge on any atom is 0.275 e. The Bertz CT molecular complexity index is 1320. The zero-order valence-electron chi connectivity index (χ0n) is 19.1. The van der Waals surface area contributed by atoms with Crippen LogP contribution in [0, 0.1) is 13.7 Å². The Morgan fingerprint density at radius 3 is 2.58 bits per heavy atom. The van der Waals surface area contributed by atoms with Crippen molar-refractivity contribution in [2.75, 3.05) is 13.7 Å². The molecular weight excluding hydrogens is 624 g/mol. The number of nitrogens with one attached hydrogen (secondary N) is 1. The van der Waals surface area contributed by atoms with Crippen molar-refractivity contribution in [3.63, 3.8) is 0 Å². The molecular formula is C24H20Cl2IN3O6. The van der Waals surface area contributed by atoms with Crippen molar-refractivity contribution >= 4 is 63.6 Å². The quantitative estimate of drug-likeness (QED) is 0.121. The lowest BCUT2D eigenvalue weighted by molar-refractivity contribution is -0.384. The zero-order chi connectivity index (χ0) is 26.2. The third kappa shape index (κ3) is 6.99. The normalized spacial score (nSPS) is 10.8. The van der Waals surface area contributed by atoms with Crippen LogP contribution in [-0.4, -0.2) is 30.8 Å². The first kappa shape index (κ1) is 27.5. The lowest BCUT2D eigenvalue weighted by atomic mass is 10.1. The van der Waals surface area contributed by atoms with Crippen LogP contribution < -0.4 is 19.6 Å². The molecule has 0 aromatic heterocycles. The fourth-order valence-electron chi connectivity index (χ4n) is 3.07. The molecule has 1 N–H and O–H groups in total. The van der Waals surface area contributed by atoms with Crippen LogP contribution in [0.15, 0.2) is 53.6 Å². The molecule has 0 atom stereocenters. The number of carbonyl (C=O) groups is 1. The minimum atomic E-state index is -0.661. The topological polar surface area (TPSA) is 112 Å². The molecule has 0 aliphatic heterocycles. The second-order valence-corrected chi connectivity index (χ2v) is 9.13. The summed E-state index contributed by atoms with van der Waals surface area (Å²) in [4.78, 5) is 23.0. The van der Waals surface area contributed by atoms with E-state index in [0.29, 0.717) is 33.7 Å². The lowest BCUT2D eigenvalue weighted by Crippen LogP contribution is -2.18. The highest BCUT2D eigenvalue weighted by Gasteiger charge is 2.17. The Labute approximate surface area is 230 Å². The van der Waals surface area contributed by atoms with Crippen molar-refractivity contribution in [2.24, 2.45) is 5.10 Å². The van der Waals surface area contributed by atoms with Gasteiger partial charge in [0.25, 0.3) is 11.6 Å². The Morgan fingerprint density at radius 2 is 1.92 bits per heavy atom. The summed E-state index contributed by atoms with van der Waals surface area (Å²) in [5, 5.41) is 16.0. The third-order valence-electron chi connectivity index (χ3n) is 4.74. The van der Waals surface area contributed by atoms with Crippen molar-refractivity contribution in [1.82, 2.24) is 5.43 Å². The second kappa shape index (κ2) is 12.7. The number of ether oxygens (including phenoxy) is 3. The van der Waals surface area contributed by atoms with Gasteiger partial charge >= 0.3 is 0 Å². The van der Waals surface area contributed by atoms with Gasteiger partial charge in [-0.25, -0.2) is 5.43 Å². The van der Waals surface area contributed by atoms with Crippen LogP contribution in [0.1, 0.15) is 28.4 Å². The highest BCUT2D eigenvalue weighted by molar-refractivity contribution is 14.1. The molecule has 0 unspecified atom stereocenters. The number of nitro benzene ring substituents is 1. The highest BCUT2D eigenvalue weighted by atomic mass is 127. The number of nitrogens with zero attached hydrogens (tertiary/aromatic N) is 2. The highest BCUT2D eigenvalue weighted by Crippen LogP contribution is 2.35. The minimum Gasteiger partial charge on any atom is -0.496 e. The summed E-state index contributed by atoms with van der Waals surface area (Å²) in [7, 11) is 1.36. The molecule has 0 saturated heterocycles. The number of hydrazone groups is 1. The maximum atomic E-state index is 12.6. The maximum absolute atomic E-state index is 12.6. The molecule has 12 heteroatoms.